The van der Waals surface area contributed by atoms with Gasteiger partial charge in [-0.2, -0.15) is 0 Å². The Bertz CT molecular complexity index is 378. The molecule has 70 valence electrons. The lowest BCUT2D eigenvalue weighted by atomic mass is 10.1. The van der Waals surface area contributed by atoms with Gasteiger partial charge in [0.15, 0.2) is 0 Å². The second-order valence-corrected chi connectivity index (χ2v) is 4.43. The van der Waals surface area contributed by atoms with Gasteiger partial charge in [0.2, 0.25) is 0 Å². The minimum absolute atomic E-state index is 0.165. The van der Waals surface area contributed by atoms with Crippen molar-refractivity contribution >= 4 is 16.7 Å². The van der Waals surface area contributed by atoms with Crippen LogP contribution < -0.4 is 4.72 Å². The Morgan fingerprint density at radius 1 is 1.54 bits per heavy atom. The second kappa shape index (κ2) is 3.10. The zero-order valence-corrected chi connectivity index (χ0v) is 8.08. The van der Waals surface area contributed by atoms with Gasteiger partial charge in [-0.3, -0.25) is 0 Å². The molecule has 0 saturated carbocycles. The van der Waals surface area contributed by atoms with Crippen molar-refractivity contribution in [2.75, 3.05) is 10.5 Å². The summed E-state index contributed by atoms with van der Waals surface area (Å²) in [5.41, 5.74) is 1.99. The maximum Gasteiger partial charge on any atom is 0.131 e. The van der Waals surface area contributed by atoms with Crippen LogP contribution in [0.4, 0.5) is 10.1 Å². The Morgan fingerprint density at radius 2 is 2.31 bits per heavy atom. The Labute approximate surface area is 78.7 Å². The number of benzene rings is 1. The first kappa shape index (κ1) is 8.69. The molecule has 2 nitrogen and oxygen atoms in total. The van der Waals surface area contributed by atoms with Gasteiger partial charge in [-0.05, 0) is 25.0 Å². The minimum atomic E-state index is -1.03. The maximum atomic E-state index is 13.5. The fourth-order valence-corrected chi connectivity index (χ4v) is 2.37. The van der Waals surface area contributed by atoms with E-state index in [-0.39, 0.29) is 5.82 Å². The number of nitrogens with one attached hydrogen (secondary N) is 1. The highest BCUT2D eigenvalue weighted by Gasteiger charge is 2.17. The number of anilines is 1. The van der Waals surface area contributed by atoms with E-state index < -0.39 is 11.0 Å². The lowest BCUT2D eigenvalue weighted by Crippen LogP contribution is -2.19. The number of fused-ring (bicyclic) bond motifs is 1. The van der Waals surface area contributed by atoms with E-state index in [1.165, 1.54) is 0 Å². The third-order valence-corrected chi connectivity index (χ3v) is 3.22. The van der Waals surface area contributed by atoms with E-state index in [1.54, 1.807) is 19.1 Å². The molecule has 1 aliphatic heterocycles. The molecule has 13 heavy (non-hydrogen) atoms. The van der Waals surface area contributed by atoms with Crippen LogP contribution in [0.5, 0.6) is 0 Å². The SMILES string of the molecule is Cc1ccc2c(c1F)CCS(=O)N2. The van der Waals surface area contributed by atoms with Gasteiger partial charge in [0.1, 0.15) is 16.8 Å². The summed E-state index contributed by atoms with van der Waals surface area (Å²) in [4.78, 5) is 0. The highest BCUT2D eigenvalue weighted by molar-refractivity contribution is 7.86. The van der Waals surface area contributed by atoms with Gasteiger partial charge in [0, 0.05) is 11.3 Å². The minimum Gasteiger partial charge on any atom is -0.305 e. The molecule has 1 atom stereocenters. The van der Waals surface area contributed by atoms with E-state index in [0.717, 1.165) is 0 Å². The Kier molecular flexibility index (Phi) is 2.07. The summed E-state index contributed by atoms with van der Waals surface area (Å²) in [6.07, 6.45) is 0.558. The van der Waals surface area contributed by atoms with Crippen LogP contribution in [0.2, 0.25) is 0 Å². The summed E-state index contributed by atoms with van der Waals surface area (Å²) in [7, 11) is -1.03. The van der Waals surface area contributed by atoms with Crippen LogP contribution in [-0.2, 0) is 17.4 Å². The van der Waals surface area contributed by atoms with Gasteiger partial charge < -0.3 is 4.72 Å². The van der Waals surface area contributed by atoms with Gasteiger partial charge in [-0.15, -0.1) is 0 Å². The molecule has 1 N–H and O–H groups in total. The summed E-state index contributed by atoms with van der Waals surface area (Å²) < 4.78 is 27.3. The van der Waals surface area contributed by atoms with Crippen molar-refractivity contribution in [3.05, 3.63) is 29.1 Å². The monoisotopic (exact) mass is 199 g/mol. The van der Waals surface area contributed by atoms with E-state index in [1.807, 2.05) is 0 Å². The molecule has 0 fully saturated rings. The smallest absolute Gasteiger partial charge is 0.131 e. The highest BCUT2D eigenvalue weighted by Crippen LogP contribution is 2.26. The number of aryl methyl sites for hydroxylation is 1. The largest absolute Gasteiger partial charge is 0.305 e. The van der Waals surface area contributed by atoms with E-state index in [9.17, 15) is 8.60 Å². The van der Waals surface area contributed by atoms with Crippen molar-refractivity contribution in [1.82, 2.24) is 0 Å². The molecule has 1 unspecified atom stereocenters. The molecule has 1 aliphatic rings. The quantitative estimate of drug-likeness (QED) is 0.677. The molecule has 0 radical (unpaired) electrons. The second-order valence-electron chi connectivity index (χ2n) is 3.12. The fourth-order valence-electron chi connectivity index (χ4n) is 1.45. The lowest BCUT2D eigenvalue weighted by Gasteiger charge is -2.18. The van der Waals surface area contributed by atoms with Crippen LogP contribution in [0.25, 0.3) is 0 Å². The van der Waals surface area contributed by atoms with E-state index in [2.05, 4.69) is 4.72 Å². The molecule has 2 rings (SSSR count). The Morgan fingerprint density at radius 3 is 3.08 bits per heavy atom. The zero-order chi connectivity index (χ0) is 9.42. The van der Waals surface area contributed by atoms with Gasteiger partial charge in [0.05, 0.1) is 5.69 Å². The third kappa shape index (κ3) is 1.46. The van der Waals surface area contributed by atoms with Crippen molar-refractivity contribution in [3.63, 3.8) is 0 Å². The first-order chi connectivity index (χ1) is 6.18. The molecular formula is C9H10FNOS. The van der Waals surface area contributed by atoms with E-state index in [0.29, 0.717) is 29.0 Å². The summed E-state index contributed by atoms with van der Waals surface area (Å²) in [6, 6.07) is 3.48. The van der Waals surface area contributed by atoms with Crippen molar-refractivity contribution in [2.24, 2.45) is 0 Å². The molecule has 0 aliphatic carbocycles. The van der Waals surface area contributed by atoms with Crippen molar-refractivity contribution in [2.45, 2.75) is 13.3 Å². The van der Waals surface area contributed by atoms with Gasteiger partial charge >= 0.3 is 0 Å². The van der Waals surface area contributed by atoms with Gasteiger partial charge in [0.25, 0.3) is 0 Å². The van der Waals surface area contributed by atoms with Crippen LogP contribution in [0.15, 0.2) is 12.1 Å². The average Bonchev–Trinajstić information content (AvgIpc) is 2.12. The summed E-state index contributed by atoms with van der Waals surface area (Å²) >= 11 is 0. The maximum absolute atomic E-state index is 13.5. The predicted octanol–water partition coefficient (Wildman–Crippen LogP) is 1.77. The lowest BCUT2D eigenvalue weighted by molar-refractivity contribution is 0.603. The number of hydrogen-bond acceptors (Lipinski definition) is 1. The Balaban J connectivity index is 2.53. The molecule has 1 aromatic carbocycles. The number of hydrogen-bond donors (Lipinski definition) is 1. The van der Waals surface area contributed by atoms with Crippen LogP contribution in [-0.4, -0.2) is 9.96 Å². The molecule has 1 aromatic rings. The third-order valence-electron chi connectivity index (χ3n) is 2.20. The molecule has 4 heteroatoms. The molecule has 0 bridgehead atoms. The van der Waals surface area contributed by atoms with Crippen molar-refractivity contribution in [1.29, 1.82) is 0 Å². The van der Waals surface area contributed by atoms with Crippen molar-refractivity contribution < 1.29 is 8.60 Å². The molecule has 0 spiro atoms. The summed E-state index contributed by atoms with van der Waals surface area (Å²) in [5, 5.41) is 0. The highest BCUT2D eigenvalue weighted by atomic mass is 32.2. The first-order valence-corrected chi connectivity index (χ1v) is 5.43. The normalized spacial score (nSPS) is 20.6. The van der Waals surface area contributed by atoms with Crippen LogP contribution in [0.3, 0.4) is 0 Å². The molecule has 0 amide bonds. The van der Waals surface area contributed by atoms with Gasteiger partial charge in [-0.1, -0.05) is 6.07 Å². The topological polar surface area (TPSA) is 29.1 Å². The van der Waals surface area contributed by atoms with Crippen LogP contribution in [0, 0.1) is 12.7 Å². The van der Waals surface area contributed by atoms with Crippen LogP contribution >= 0.6 is 0 Å². The van der Waals surface area contributed by atoms with Gasteiger partial charge in [-0.25, -0.2) is 8.60 Å². The van der Waals surface area contributed by atoms with Crippen molar-refractivity contribution in [3.8, 4) is 0 Å². The molecule has 0 saturated heterocycles. The zero-order valence-electron chi connectivity index (χ0n) is 7.26. The molecular weight excluding hydrogens is 189 g/mol. The number of halogens is 1. The van der Waals surface area contributed by atoms with Crippen LogP contribution in [0.1, 0.15) is 11.1 Å². The predicted molar refractivity (Wildman–Crippen MR) is 51.5 cm³/mol. The number of rotatable bonds is 0. The summed E-state index contributed by atoms with van der Waals surface area (Å²) in [5.74, 6) is 0.328. The molecule has 0 aromatic heterocycles. The van der Waals surface area contributed by atoms with E-state index >= 15 is 0 Å². The Hall–Kier alpha value is -0.900. The molecule has 1 heterocycles. The first-order valence-electron chi connectivity index (χ1n) is 4.11. The summed E-state index contributed by atoms with van der Waals surface area (Å²) in [6.45, 7) is 1.74. The van der Waals surface area contributed by atoms with E-state index in [4.69, 9.17) is 0 Å². The standard InChI is InChI=1S/C9H10FNOS/c1-6-2-3-8-7(9(6)10)4-5-13(12)11-8/h2-3,11H,4-5H2,1H3. The average molecular weight is 199 g/mol. The fraction of sp³-hybridized carbons (Fsp3) is 0.333.